The van der Waals surface area contributed by atoms with Crippen LogP contribution in [-0.2, 0) is 20.7 Å². The van der Waals surface area contributed by atoms with Gasteiger partial charge >= 0.3 is 5.97 Å². The first kappa shape index (κ1) is 20.2. The Bertz CT molecular complexity index is 985. The van der Waals surface area contributed by atoms with Crippen LogP contribution in [0, 0.1) is 0 Å². The van der Waals surface area contributed by atoms with Crippen LogP contribution in [0.1, 0.15) is 36.6 Å². The molecule has 1 aliphatic heterocycles. The first-order chi connectivity index (χ1) is 14.7. The molecule has 1 atom stereocenters. The fourth-order valence-corrected chi connectivity index (χ4v) is 4.31. The number of ether oxygens (including phenoxy) is 1. The summed E-state index contributed by atoms with van der Waals surface area (Å²) < 4.78 is 5.69. The Hall–Kier alpha value is -3.06. The number of thiazole rings is 1. The average molecular weight is 422 g/mol. The highest BCUT2D eigenvalue weighted by atomic mass is 32.1. The average Bonchev–Trinajstić information content (AvgIpc) is 3.27. The summed E-state index contributed by atoms with van der Waals surface area (Å²) in [6.07, 6.45) is 5.64. The number of hydrogen-bond donors (Lipinski definition) is 0. The van der Waals surface area contributed by atoms with Gasteiger partial charge in [-0.15, -0.1) is 11.3 Å². The number of hydrogen-bond acceptors (Lipinski definition) is 6. The summed E-state index contributed by atoms with van der Waals surface area (Å²) in [4.78, 5) is 36.2. The van der Waals surface area contributed by atoms with E-state index in [1.54, 1.807) is 17.3 Å². The van der Waals surface area contributed by atoms with Crippen molar-refractivity contribution in [1.82, 2.24) is 14.9 Å². The third kappa shape index (κ3) is 4.91. The largest absolute Gasteiger partial charge is 0.447 e. The lowest BCUT2D eigenvalue weighted by molar-refractivity contribution is -0.161. The van der Waals surface area contributed by atoms with Crippen molar-refractivity contribution >= 4 is 23.2 Å². The molecular weight excluding hydrogens is 398 g/mol. The molecule has 3 heterocycles. The molecule has 1 aliphatic rings. The van der Waals surface area contributed by atoms with Crippen LogP contribution in [0.3, 0.4) is 0 Å². The highest BCUT2D eigenvalue weighted by molar-refractivity contribution is 7.13. The maximum Gasteiger partial charge on any atom is 0.313 e. The summed E-state index contributed by atoms with van der Waals surface area (Å²) >= 11 is 1.45. The first-order valence-electron chi connectivity index (χ1n) is 10.1. The molecule has 6 nitrogen and oxygen atoms in total. The van der Waals surface area contributed by atoms with E-state index < -0.39 is 12.1 Å². The quantitative estimate of drug-likeness (QED) is 0.562. The van der Waals surface area contributed by atoms with Gasteiger partial charge in [-0.25, -0.2) is 4.98 Å². The Kier molecular flexibility index (Phi) is 6.49. The first-order valence-corrected chi connectivity index (χ1v) is 11.0. The number of piperidine rings is 1. The van der Waals surface area contributed by atoms with Gasteiger partial charge in [-0.1, -0.05) is 30.3 Å². The summed E-state index contributed by atoms with van der Waals surface area (Å²) in [5.41, 5.74) is 2.22. The zero-order valence-electron chi connectivity index (χ0n) is 16.6. The number of rotatable bonds is 6. The lowest BCUT2D eigenvalue weighted by atomic mass is 10.1. The number of aromatic nitrogens is 2. The summed E-state index contributed by atoms with van der Waals surface area (Å²) in [5.74, 6) is -0.610. The van der Waals surface area contributed by atoms with Gasteiger partial charge in [0.05, 0.1) is 12.1 Å². The summed E-state index contributed by atoms with van der Waals surface area (Å²) in [7, 11) is 0. The lowest BCUT2D eigenvalue weighted by Gasteiger charge is -2.30. The third-order valence-corrected chi connectivity index (χ3v) is 5.97. The van der Waals surface area contributed by atoms with Crippen molar-refractivity contribution < 1.29 is 14.3 Å². The predicted molar refractivity (Wildman–Crippen MR) is 115 cm³/mol. The van der Waals surface area contributed by atoms with Gasteiger partial charge in [-0.05, 0) is 31.4 Å². The monoisotopic (exact) mass is 421 g/mol. The molecule has 3 aromatic rings. The van der Waals surface area contributed by atoms with E-state index in [0.717, 1.165) is 29.8 Å². The van der Waals surface area contributed by atoms with Gasteiger partial charge in [-0.3, -0.25) is 14.6 Å². The zero-order valence-corrected chi connectivity index (χ0v) is 17.4. The van der Waals surface area contributed by atoms with Crippen LogP contribution in [0.25, 0.3) is 10.6 Å². The van der Waals surface area contributed by atoms with E-state index in [0.29, 0.717) is 24.3 Å². The number of carbonyl (C=O) groups is 2. The van der Waals surface area contributed by atoms with E-state index in [2.05, 4.69) is 9.97 Å². The van der Waals surface area contributed by atoms with E-state index in [9.17, 15) is 9.59 Å². The number of esters is 1. The van der Waals surface area contributed by atoms with Crippen molar-refractivity contribution in [2.24, 2.45) is 0 Å². The molecule has 0 aliphatic carbocycles. The molecule has 0 N–H and O–H groups in total. The summed E-state index contributed by atoms with van der Waals surface area (Å²) in [6, 6.07) is 13.0. The van der Waals surface area contributed by atoms with Gasteiger partial charge in [0.2, 0.25) is 6.10 Å². The van der Waals surface area contributed by atoms with E-state index in [1.807, 2.05) is 47.8 Å². The highest BCUT2D eigenvalue weighted by Gasteiger charge is 2.30. The minimum atomic E-state index is -0.923. The van der Waals surface area contributed by atoms with Crippen molar-refractivity contribution in [1.29, 1.82) is 0 Å². The molecule has 7 heteroatoms. The Balaban J connectivity index is 1.46. The molecule has 4 rings (SSSR count). The summed E-state index contributed by atoms with van der Waals surface area (Å²) in [5, 5.41) is 2.64. The van der Waals surface area contributed by atoms with Crippen LogP contribution < -0.4 is 0 Å². The standard InChI is InChI=1S/C23H23N3O3S/c27-20(14-19-16-30-22(25-19)18-10-7-11-24-15-18)29-21(17-8-3-1-4-9-17)23(28)26-12-5-2-6-13-26/h1,3-4,7-11,15-16,21H,2,5-6,12-14H2/t21-/m0/s1. The fraction of sp³-hybridized carbons (Fsp3) is 0.304. The van der Waals surface area contributed by atoms with Crippen molar-refractivity contribution in [3.63, 3.8) is 0 Å². The second-order valence-corrected chi connectivity index (χ2v) is 8.09. The van der Waals surface area contributed by atoms with Crippen molar-refractivity contribution in [2.45, 2.75) is 31.8 Å². The highest BCUT2D eigenvalue weighted by Crippen LogP contribution is 2.25. The molecule has 1 fully saturated rings. The van der Waals surface area contributed by atoms with Crippen LogP contribution >= 0.6 is 11.3 Å². The van der Waals surface area contributed by atoms with Crippen molar-refractivity contribution in [3.8, 4) is 10.6 Å². The Morgan fingerprint density at radius 3 is 2.60 bits per heavy atom. The number of benzene rings is 1. The number of nitrogens with zero attached hydrogens (tertiary/aromatic N) is 3. The van der Waals surface area contributed by atoms with E-state index in [-0.39, 0.29) is 12.3 Å². The van der Waals surface area contributed by atoms with Gasteiger partial charge in [0.25, 0.3) is 5.91 Å². The number of carbonyl (C=O) groups excluding carboxylic acids is 2. The Morgan fingerprint density at radius 1 is 1.07 bits per heavy atom. The fourth-order valence-electron chi connectivity index (χ4n) is 3.50. The second kappa shape index (κ2) is 9.63. The molecule has 0 saturated carbocycles. The predicted octanol–water partition coefficient (Wildman–Crippen LogP) is 4.04. The van der Waals surface area contributed by atoms with Gasteiger partial charge in [-0.2, -0.15) is 0 Å². The molecule has 1 saturated heterocycles. The number of likely N-dealkylation sites (tertiary alicyclic amines) is 1. The molecule has 0 unspecified atom stereocenters. The maximum absolute atomic E-state index is 13.1. The molecule has 1 aromatic carbocycles. The van der Waals surface area contributed by atoms with E-state index >= 15 is 0 Å². The topological polar surface area (TPSA) is 72.4 Å². The normalized spacial score (nSPS) is 14.9. The molecule has 0 radical (unpaired) electrons. The second-order valence-electron chi connectivity index (χ2n) is 7.23. The SMILES string of the molecule is O=C(Cc1csc(-c2cccnc2)n1)O[C@H](C(=O)N1CCCCC1)c1ccccc1. The van der Waals surface area contributed by atoms with Gasteiger partial charge in [0.1, 0.15) is 5.01 Å². The molecule has 1 amide bonds. The van der Waals surface area contributed by atoms with Crippen molar-refractivity contribution in [3.05, 3.63) is 71.5 Å². The van der Waals surface area contributed by atoms with Crippen LogP contribution in [0.5, 0.6) is 0 Å². The Labute approximate surface area is 179 Å². The van der Waals surface area contributed by atoms with Crippen molar-refractivity contribution in [2.75, 3.05) is 13.1 Å². The lowest BCUT2D eigenvalue weighted by Crippen LogP contribution is -2.40. The minimum Gasteiger partial charge on any atom is -0.447 e. The molecule has 0 bridgehead atoms. The smallest absolute Gasteiger partial charge is 0.313 e. The van der Waals surface area contributed by atoms with E-state index in [1.165, 1.54) is 11.3 Å². The molecule has 0 spiro atoms. The molecular formula is C23H23N3O3S. The number of amides is 1. The van der Waals surface area contributed by atoms with Gasteiger partial charge in [0, 0.05) is 42.0 Å². The Morgan fingerprint density at radius 2 is 1.87 bits per heavy atom. The minimum absolute atomic E-state index is 0.0212. The molecule has 2 aromatic heterocycles. The summed E-state index contributed by atoms with van der Waals surface area (Å²) in [6.45, 7) is 1.42. The maximum atomic E-state index is 13.1. The number of pyridine rings is 1. The van der Waals surface area contributed by atoms with Crippen LogP contribution in [0.2, 0.25) is 0 Å². The zero-order chi connectivity index (χ0) is 20.8. The van der Waals surface area contributed by atoms with Crippen LogP contribution in [0.4, 0.5) is 0 Å². The molecule has 30 heavy (non-hydrogen) atoms. The van der Waals surface area contributed by atoms with Gasteiger partial charge in [0.15, 0.2) is 0 Å². The van der Waals surface area contributed by atoms with Crippen LogP contribution in [-0.4, -0.2) is 39.8 Å². The molecule has 154 valence electrons. The third-order valence-electron chi connectivity index (χ3n) is 5.03. The van der Waals surface area contributed by atoms with E-state index in [4.69, 9.17) is 4.74 Å². The van der Waals surface area contributed by atoms with Gasteiger partial charge < -0.3 is 9.64 Å². The van der Waals surface area contributed by atoms with Crippen LogP contribution in [0.15, 0.2) is 60.2 Å².